The van der Waals surface area contributed by atoms with Gasteiger partial charge < -0.3 is 14.8 Å². The van der Waals surface area contributed by atoms with E-state index in [4.69, 9.17) is 14.5 Å². The highest BCUT2D eigenvalue weighted by atomic mass is 16.6. The number of methoxy groups -OCH3 is 1. The molecule has 0 bridgehead atoms. The molecule has 5 rings (SSSR count). The van der Waals surface area contributed by atoms with Crippen LogP contribution < -0.4 is 15.0 Å². The van der Waals surface area contributed by atoms with E-state index >= 15 is 0 Å². The largest absolute Gasteiger partial charge is 0.496 e. The zero-order valence-electron chi connectivity index (χ0n) is 28.4. The molecule has 248 valence electrons. The van der Waals surface area contributed by atoms with Crippen LogP contribution in [0.4, 0.5) is 10.6 Å². The van der Waals surface area contributed by atoms with Gasteiger partial charge in [0.05, 0.1) is 13.3 Å². The Kier molecular flexibility index (Phi) is 11.0. The van der Waals surface area contributed by atoms with Crippen molar-refractivity contribution < 1.29 is 19.1 Å². The molecular weight excluding hydrogens is 578 g/mol. The van der Waals surface area contributed by atoms with Crippen LogP contribution in [-0.2, 0) is 9.53 Å². The van der Waals surface area contributed by atoms with Crippen LogP contribution in [0.5, 0.6) is 5.75 Å². The number of benzene rings is 1. The van der Waals surface area contributed by atoms with Gasteiger partial charge in [0.25, 0.3) is 0 Å². The Bertz CT molecular complexity index is 1470. The summed E-state index contributed by atoms with van der Waals surface area (Å²) in [5, 5.41) is 7.33. The monoisotopic (exact) mass is 629 g/mol. The maximum Gasteiger partial charge on any atom is 0.407 e. The van der Waals surface area contributed by atoms with Crippen LogP contribution in [-0.4, -0.2) is 52.6 Å². The number of hydrogen-bond donors (Lipinski definition) is 1. The van der Waals surface area contributed by atoms with Crippen molar-refractivity contribution >= 4 is 17.8 Å². The van der Waals surface area contributed by atoms with Crippen molar-refractivity contribution in [3.8, 4) is 16.9 Å². The highest BCUT2D eigenvalue weighted by Crippen LogP contribution is 2.39. The Morgan fingerprint density at radius 2 is 1.72 bits per heavy atom. The molecular formula is C37H51N5O4. The Balaban J connectivity index is 1.30. The number of pyridine rings is 1. The van der Waals surface area contributed by atoms with Crippen molar-refractivity contribution in [2.75, 3.05) is 18.6 Å². The summed E-state index contributed by atoms with van der Waals surface area (Å²) in [6.07, 6.45) is 12.3. The van der Waals surface area contributed by atoms with E-state index in [0.717, 1.165) is 42.6 Å². The van der Waals surface area contributed by atoms with Crippen molar-refractivity contribution in [1.82, 2.24) is 20.1 Å². The molecule has 9 heteroatoms. The summed E-state index contributed by atoms with van der Waals surface area (Å²) in [5.74, 6) is 2.54. The summed E-state index contributed by atoms with van der Waals surface area (Å²) < 4.78 is 13.1. The number of anilines is 1. The van der Waals surface area contributed by atoms with Gasteiger partial charge in [-0.25, -0.2) is 9.78 Å². The summed E-state index contributed by atoms with van der Waals surface area (Å²) in [6, 6.07) is 10.9. The molecule has 0 saturated heterocycles. The predicted octanol–water partition coefficient (Wildman–Crippen LogP) is 7.84. The number of alkyl carbamates (subject to hydrolysis) is 1. The number of nitrogens with one attached hydrogen (secondary N) is 1. The standard InChI is InChI=1S/C37H51N5O4/c1-24(2)40-37(44)46-33-14-11-29(12-15-33)36(43)41(35-20-31(17-18-38-35)32-21-39-42(23-32)25(3)4)22-27-7-9-28(10-8-27)30-13-16-34(45-6)26(5)19-30/h13,16-21,23-25,27-29,33H,7-12,14-15,22H2,1-6H3,(H,40,44). The first-order valence-electron chi connectivity index (χ1n) is 17.0. The van der Waals surface area contributed by atoms with E-state index in [0.29, 0.717) is 49.9 Å². The van der Waals surface area contributed by atoms with Crippen molar-refractivity contribution in [3.05, 3.63) is 60.0 Å². The highest BCUT2D eigenvalue weighted by molar-refractivity contribution is 5.94. The number of carbonyl (C=O) groups excluding carboxylic acids is 2. The molecule has 46 heavy (non-hydrogen) atoms. The Labute approximate surface area is 274 Å². The maximum absolute atomic E-state index is 14.3. The van der Waals surface area contributed by atoms with Gasteiger partial charge in [-0.15, -0.1) is 0 Å². The first-order chi connectivity index (χ1) is 22.1. The first-order valence-corrected chi connectivity index (χ1v) is 17.0. The smallest absolute Gasteiger partial charge is 0.407 e. The van der Waals surface area contributed by atoms with E-state index < -0.39 is 0 Å². The lowest BCUT2D eigenvalue weighted by Crippen LogP contribution is -2.43. The molecule has 0 radical (unpaired) electrons. The lowest BCUT2D eigenvalue weighted by Gasteiger charge is -2.35. The second-order valence-corrected chi connectivity index (χ2v) is 13.8. The second kappa shape index (κ2) is 15.1. The van der Waals surface area contributed by atoms with Crippen molar-refractivity contribution in [2.24, 2.45) is 11.8 Å². The fourth-order valence-electron chi connectivity index (χ4n) is 6.97. The van der Waals surface area contributed by atoms with E-state index in [1.54, 1.807) is 13.3 Å². The van der Waals surface area contributed by atoms with Gasteiger partial charge in [-0.1, -0.05) is 12.1 Å². The number of aromatic nitrogens is 3. The average molecular weight is 630 g/mol. The SMILES string of the molecule is COc1ccc(C2CCC(CN(C(=O)C3CCC(OC(=O)NC(C)C)CC3)c3cc(-c4cnn(C(C)C)c4)ccn3)CC2)cc1C. The number of nitrogens with zero attached hydrogens (tertiary/aromatic N) is 4. The third-order valence-electron chi connectivity index (χ3n) is 9.63. The van der Waals surface area contributed by atoms with Crippen molar-refractivity contribution in [1.29, 1.82) is 0 Å². The highest BCUT2D eigenvalue weighted by Gasteiger charge is 2.34. The quantitative estimate of drug-likeness (QED) is 0.245. The molecule has 0 spiro atoms. The number of ether oxygens (including phenoxy) is 2. The van der Waals surface area contributed by atoms with Gasteiger partial charge in [-0.3, -0.25) is 14.4 Å². The maximum atomic E-state index is 14.3. The summed E-state index contributed by atoms with van der Waals surface area (Å²) in [6.45, 7) is 10.8. The minimum absolute atomic E-state index is 0.0253. The Morgan fingerprint density at radius 1 is 0.978 bits per heavy atom. The third kappa shape index (κ3) is 8.28. The van der Waals surface area contributed by atoms with Gasteiger partial charge in [0.2, 0.25) is 5.91 Å². The lowest BCUT2D eigenvalue weighted by atomic mass is 9.78. The number of aryl methyl sites for hydroxylation is 1. The normalized spacial score (nSPS) is 21.7. The van der Waals surface area contributed by atoms with Crippen LogP contribution >= 0.6 is 0 Å². The van der Waals surface area contributed by atoms with Gasteiger partial charge in [0.1, 0.15) is 17.7 Å². The molecule has 1 aromatic carbocycles. The lowest BCUT2D eigenvalue weighted by molar-refractivity contribution is -0.124. The number of carbonyl (C=O) groups is 2. The third-order valence-corrected chi connectivity index (χ3v) is 9.63. The first kappa shape index (κ1) is 33.5. The van der Waals surface area contributed by atoms with Crippen LogP contribution in [0.3, 0.4) is 0 Å². The number of amides is 2. The van der Waals surface area contributed by atoms with Gasteiger partial charge in [-0.2, -0.15) is 5.10 Å². The molecule has 0 atom stereocenters. The molecule has 9 nitrogen and oxygen atoms in total. The van der Waals surface area contributed by atoms with Crippen LogP contribution in [0.2, 0.25) is 0 Å². The summed E-state index contributed by atoms with van der Waals surface area (Å²) in [4.78, 5) is 33.2. The van der Waals surface area contributed by atoms with Gasteiger partial charge in [0.15, 0.2) is 0 Å². The molecule has 0 unspecified atom stereocenters. The second-order valence-electron chi connectivity index (χ2n) is 13.8. The Morgan fingerprint density at radius 3 is 2.35 bits per heavy atom. The van der Waals surface area contributed by atoms with E-state index in [1.165, 1.54) is 11.1 Å². The van der Waals surface area contributed by atoms with Crippen LogP contribution in [0.25, 0.3) is 11.1 Å². The van der Waals surface area contributed by atoms with E-state index in [-0.39, 0.29) is 36.1 Å². The average Bonchev–Trinajstić information content (AvgIpc) is 3.55. The van der Waals surface area contributed by atoms with Crippen LogP contribution in [0.1, 0.15) is 102 Å². The summed E-state index contributed by atoms with van der Waals surface area (Å²) in [7, 11) is 1.72. The van der Waals surface area contributed by atoms with Crippen molar-refractivity contribution in [3.63, 3.8) is 0 Å². The van der Waals surface area contributed by atoms with Gasteiger partial charge in [-0.05, 0) is 133 Å². The zero-order chi connectivity index (χ0) is 32.8. The molecule has 2 saturated carbocycles. The molecule has 3 aromatic rings. The van der Waals surface area contributed by atoms with Crippen molar-refractivity contribution in [2.45, 2.75) is 110 Å². The topological polar surface area (TPSA) is 98.6 Å². The number of rotatable bonds is 10. The van der Waals surface area contributed by atoms with Crippen LogP contribution in [0.15, 0.2) is 48.9 Å². The fraction of sp³-hybridized carbons (Fsp3) is 0.568. The van der Waals surface area contributed by atoms with Gasteiger partial charge in [0, 0.05) is 42.5 Å². The molecule has 2 aromatic heterocycles. The molecule has 2 heterocycles. The minimum atomic E-state index is -0.381. The van der Waals surface area contributed by atoms with Crippen LogP contribution in [0, 0.1) is 18.8 Å². The molecule has 2 aliphatic rings. The summed E-state index contributed by atoms with van der Waals surface area (Å²) >= 11 is 0. The minimum Gasteiger partial charge on any atom is -0.496 e. The molecule has 1 N–H and O–H groups in total. The Hall–Kier alpha value is -3.88. The molecule has 0 aliphatic heterocycles. The van der Waals surface area contributed by atoms with E-state index in [1.807, 2.05) is 41.8 Å². The fourth-order valence-corrected chi connectivity index (χ4v) is 6.97. The summed E-state index contributed by atoms with van der Waals surface area (Å²) in [5.41, 5.74) is 4.56. The van der Waals surface area contributed by atoms with E-state index in [9.17, 15) is 9.59 Å². The zero-order valence-corrected chi connectivity index (χ0v) is 28.4. The van der Waals surface area contributed by atoms with Gasteiger partial charge >= 0.3 is 6.09 Å². The predicted molar refractivity (Wildman–Crippen MR) is 181 cm³/mol. The molecule has 2 amide bonds. The van der Waals surface area contributed by atoms with E-state index in [2.05, 4.69) is 55.6 Å². The number of hydrogen-bond acceptors (Lipinski definition) is 6. The molecule has 2 fully saturated rings. The molecule has 2 aliphatic carbocycles.